The van der Waals surface area contributed by atoms with E-state index in [4.69, 9.17) is 0 Å². The lowest BCUT2D eigenvalue weighted by molar-refractivity contribution is 1.18. The molecule has 10 aromatic rings. The van der Waals surface area contributed by atoms with Gasteiger partial charge in [-0.05, 0) is 106 Å². The number of fused-ring (bicyclic) bond motifs is 7. The molecule has 10 rings (SSSR count). The van der Waals surface area contributed by atoms with Crippen LogP contribution in [0.2, 0.25) is 0 Å². The van der Waals surface area contributed by atoms with E-state index in [9.17, 15) is 5.26 Å². The molecule has 50 heavy (non-hydrogen) atoms. The Kier molecular flexibility index (Phi) is 6.24. The maximum absolute atomic E-state index is 9.21. The van der Waals surface area contributed by atoms with E-state index < -0.39 is 0 Å². The van der Waals surface area contributed by atoms with Crippen molar-refractivity contribution in [1.82, 2.24) is 9.13 Å². The molecule has 0 fully saturated rings. The molecule has 0 radical (unpaired) electrons. The highest BCUT2D eigenvalue weighted by Crippen LogP contribution is 2.38. The summed E-state index contributed by atoms with van der Waals surface area (Å²) in [5.74, 6) is 0. The molecule has 0 atom stereocenters. The lowest BCUT2D eigenvalue weighted by Gasteiger charge is -2.12. The van der Waals surface area contributed by atoms with Crippen molar-refractivity contribution in [2.24, 2.45) is 0 Å². The third kappa shape index (κ3) is 4.36. The monoisotopic (exact) mass is 635 g/mol. The zero-order valence-electron chi connectivity index (χ0n) is 27.1. The maximum atomic E-state index is 9.21. The summed E-state index contributed by atoms with van der Waals surface area (Å²) in [6, 6.07) is 65.1. The van der Waals surface area contributed by atoms with Gasteiger partial charge in [-0.2, -0.15) is 5.26 Å². The first kappa shape index (κ1) is 28.2. The van der Waals surface area contributed by atoms with Gasteiger partial charge in [0.05, 0.1) is 33.7 Å². The number of nitrogens with zero attached hydrogens (tertiary/aromatic N) is 3. The summed E-state index contributed by atoms with van der Waals surface area (Å²) >= 11 is 0. The Morgan fingerprint density at radius 2 is 0.880 bits per heavy atom. The van der Waals surface area contributed by atoms with Crippen LogP contribution in [-0.4, -0.2) is 9.13 Å². The van der Waals surface area contributed by atoms with E-state index in [1.807, 2.05) is 24.3 Å². The summed E-state index contributed by atoms with van der Waals surface area (Å²) in [5.41, 5.74) is 12.4. The van der Waals surface area contributed by atoms with Crippen molar-refractivity contribution in [3.8, 4) is 39.7 Å². The standard InChI is InChI=1S/C47H29N3/c48-30-31-14-16-32(17-15-31)33-18-19-35-27-39(23-20-34(35)26-33)50-44-12-6-4-10-40(44)42-24-21-37(29-47(42)50)36-22-25-46-43(28-36)41-11-5-7-13-45(41)49(46)38-8-2-1-3-9-38/h1-29H. The Balaban J connectivity index is 1.12. The zero-order chi connectivity index (χ0) is 33.2. The van der Waals surface area contributed by atoms with Crippen molar-refractivity contribution in [3.63, 3.8) is 0 Å². The average Bonchev–Trinajstić information content (AvgIpc) is 3.70. The summed E-state index contributed by atoms with van der Waals surface area (Å²) in [5, 5.41) is 16.6. The van der Waals surface area contributed by atoms with E-state index >= 15 is 0 Å². The first-order valence-corrected chi connectivity index (χ1v) is 16.9. The Bertz CT molecular complexity index is 2970. The average molecular weight is 636 g/mol. The van der Waals surface area contributed by atoms with Crippen molar-refractivity contribution < 1.29 is 0 Å². The molecule has 0 unspecified atom stereocenters. The Morgan fingerprint density at radius 1 is 0.340 bits per heavy atom. The lowest BCUT2D eigenvalue weighted by Crippen LogP contribution is -1.94. The summed E-state index contributed by atoms with van der Waals surface area (Å²) in [4.78, 5) is 0. The number of hydrogen-bond acceptors (Lipinski definition) is 1. The van der Waals surface area contributed by atoms with Gasteiger partial charge in [0.25, 0.3) is 0 Å². The molecule has 0 aliphatic heterocycles. The third-order valence-corrected chi connectivity index (χ3v) is 10.1. The molecule has 2 aromatic heterocycles. The van der Waals surface area contributed by atoms with Crippen LogP contribution in [0.3, 0.4) is 0 Å². The number of nitriles is 1. The Morgan fingerprint density at radius 3 is 1.66 bits per heavy atom. The van der Waals surface area contributed by atoms with Gasteiger partial charge in [-0.1, -0.05) is 103 Å². The molecule has 0 saturated carbocycles. The smallest absolute Gasteiger partial charge is 0.0991 e. The summed E-state index contributed by atoms with van der Waals surface area (Å²) in [6.07, 6.45) is 0. The highest BCUT2D eigenvalue weighted by Gasteiger charge is 2.16. The normalized spacial score (nSPS) is 11.6. The SMILES string of the molecule is N#Cc1ccc(-c2ccc3cc(-n4c5ccccc5c5ccc(-c6ccc7c(c6)c6ccccc6n7-c6ccccc6)cc54)ccc3c2)cc1. The molecule has 0 amide bonds. The first-order valence-electron chi connectivity index (χ1n) is 16.9. The van der Waals surface area contributed by atoms with Crippen LogP contribution < -0.4 is 0 Å². The van der Waals surface area contributed by atoms with Crippen LogP contribution in [0.15, 0.2) is 176 Å². The number of para-hydroxylation sites is 3. The van der Waals surface area contributed by atoms with Gasteiger partial charge in [-0.15, -0.1) is 0 Å². The Hall–Kier alpha value is -6.89. The predicted octanol–water partition coefficient (Wildman–Crippen LogP) is 12.2. The maximum Gasteiger partial charge on any atom is 0.0991 e. The quantitative estimate of drug-likeness (QED) is 0.189. The van der Waals surface area contributed by atoms with Crippen LogP contribution >= 0.6 is 0 Å². The van der Waals surface area contributed by atoms with Crippen LogP contribution in [0, 0.1) is 11.3 Å². The van der Waals surface area contributed by atoms with Gasteiger partial charge >= 0.3 is 0 Å². The molecule has 3 heteroatoms. The minimum Gasteiger partial charge on any atom is -0.309 e. The minimum absolute atomic E-state index is 0.671. The number of benzene rings is 8. The van der Waals surface area contributed by atoms with Gasteiger partial charge in [-0.3, -0.25) is 0 Å². The predicted molar refractivity (Wildman–Crippen MR) is 208 cm³/mol. The number of aromatic nitrogens is 2. The summed E-state index contributed by atoms with van der Waals surface area (Å²) < 4.78 is 4.77. The van der Waals surface area contributed by atoms with E-state index in [2.05, 4.69) is 167 Å². The molecule has 0 N–H and O–H groups in total. The first-order chi connectivity index (χ1) is 24.7. The van der Waals surface area contributed by atoms with E-state index in [1.54, 1.807) is 0 Å². The van der Waals surface area contributed by atoms with Crippen LogP contribution in [0.1, 0.15) is 5.56 Å². The molecule has 232 valence electrons. The largest absolute Gasteiger partial charge is 0.309 e. The zero-order valence-corrected chi connectivity index (χ0v) is 27.1. The van der Waals surface area contributed by atoms with E-state index in [0.29, 0.717) is 5.56 Å². The van der Waals surface area contributed by atoms with Gasteiger partial charge in [0.1, 0.15) is 0 Å². The van der Waals surface area contributed by atoms with E-state index in [0.717, 1.165) is 16.8 Å². The molecule has 0 aliphatic carbocycles. The van der Waals surface area contributed by atoms with E-state index in [-0.39, 0.29) is 0 Å². The molecule has 2 heterocycles. The Labute approximate surface area is 289 Å². The van der Waals surface area contributed by atoms with Gasteiger partial charge in [0.2, 0.25) is 0 Å². The second kappa shape index (κ2) is 11.1. The van der Waals surface area contributed by atoms with Crippen molar-refractivity contribution >= 4 is 54.4 Å². The van der Waals surface area contributed by atoms with Crippen molar-refractivity contribution in [1.29, 1.82) is 5.26 Å². The van der Waals surface area contributed by atoms with Gasteiger partial charge in [0.15, 0.2) is 0 Å². The highest BCUT2D eigenvalue weighted by atomic mass is 15.0. The van der Waals surface area contributed by atoms with Gasteiger partial charge < -0.3 is 9.13 Å². The summed E-state index contributed by atoms with van der Waals surface area (Å²) in [6.45, 7) is 0. The fourth-order valence-corrected chi connectivity index (χ4v) is 7.72. The molecule has 0 saturated heterocycles. The van der Waals surface area contributed by atoms with Crippen LogP contribution in [-0.2, 0) is 0 Å². The molecular formula is C47H29N3. The van der Waals surface area contributed by atoms with Crippen molar-refractivity contribution in [3.05, 3.63) is 181 Å². The molecule has 8 aromatic carbocycles. The van der Waals surface area contributed by atoms with Gasteiger partial charge in [0, 0.05) is 32.9 Å². The number of hydrogen-bond donors (Lipinski definition) is 0. The van der Waals surface area contributed by atoms with Crippen LogP contribution in [0.25, 0.3) is 88.0 Å². The van der Waals surface area contributed by atoms with Gasteiger partial charge in [-0.25, -0.2) is 0 Å². The minimum atomic E-state index is 0.671. The fourth-order valence-electron chi connectivity index (χ4n) is 7.72. The lowest BCUT2D eigenvalue weighted by atomic mass is 10.00. The molecule has 0 aliphatic rings. The fraction of sp³-hybridized carbons (Fsp3) is 0. The highest BCUT2D eigenvalue weighted by molar-refractivity contribution is 6.12. The topological polar surface area (TPSA) is 33.6 Å². The molecule has 0 spiro atoms. The molecular weight excluding hydrogens is 607 g/mol. The summed E-state index contributed by atoms with van der Waals surface area (Å²) in [7, 11) is 0. The van der Waals surface area contributed by atoms with Crippen LogP contribution in [0.5, 0.6) is 0 Å². The van der Waals surface area contributed by atoms with Crippen LogP contribution in [0.4, 0.5) is 0 Å². The van der Waals surface area contributed by atoms with E-state index in [1.165, 1.54) is 71.2 Å². The van der Waals surface area contributed by atoms with Crippen molar-refractivity contribution in [2.45, 2.75) is 0 Å². The number of rotatable bonds is 4. The third-order valence-electron chi connectivity index (χ3n) is 10.1. The molecule has 3 nitrogen and oxygen atoms in total. The second-order valence-electron chi connectivity index (χ2n) is 12.9. The second-order valence-corrected chi connectivity index (χ2v) is 12.9. The van der Waals surface area contributed by atoms with Crippen molar-refractivity contribution in [2.75, 3.05) is 0 Å². The molecule has 0 bridgehead atoms.